The molecular formula is C14H13BrN2O4S. The van der Waals surface area contributed by atoms with Crippen molar-refractivity contribution in [2.45, 2.75) is 11.4 Å². The van der Waals surface area contributed by atoms with Gasteiger partial charge in [-0.05, 0) is 17.7 Å². The Morgan fingerprint density at radius 1 is 1.23 bits per heavy atom. The van der Waals surface area contributed by atoms with E-state index in [0.29, 0.717) is 12.2 Å². The first-order valence-electron chi connectivity index (χ1n) is 6.25. The van der Waals surface area contributed by atoms with Crippen LogP contribution in [0.15, 0.2) is 51.8 Å². The van der Waals surface area contributed by atoms with Crippen molar-refractivity contribution in [3.05, 3.63) is 62.6 Å². The average Bonchev–Trinajstić information content (AvgIpc) is 2.45. The number of nitro groups is 1. The molecule has 2 aromatic rings. The molecule has 8 heteroatoms. The first kappa shape index (κ1) is 16.4. The summed E-state index contributed by atoms with van der Waals surface area (Å²) in [5, 5.41) is 13.8. The number of benzene rings is 2. The lowest BCUT2D eigenvalue weighted by atomic mass is 10.2. The number of hydrogen-bond acceptors (Lipinski definition) is 5. The van der Waals surface area contributed by atoms with E-state index >= 15 is 0 Å². The summed E-state index contributed by atoms with van der Waals surface area (Å²) >= 11 is 3.41. The molecule has 0 aliphatic rings. The van der Waals surface area contributed by atoms with Crippen LogP contribution in [-0.2, 0) is 16.4 Å². The molecule has 0 aliphatic heterocycles. The highest BCUT2D eigenvalue weighted by atomic mass is 79.9. The molecule has 0 fully saturated rings. The van der Waals surface area contributed by atoms with Crippen molar-refractivity contribution in [1.29, 1.82) is 0 Å². The van der Waals surface area contributed by atoms with Crippen molar-refractivity contribution in [2.75, 3.05) is 11.6 Å². The zero-order chi connectivity index (χ0) is 16.3. The molecule has 0 unspecified atom stereocenters. The Morgan fingerprint density at radius 2 is 1.91 bits per heavy atom. The lowest BCUT2D eigenvalue weighted by molar-refractivity contribution is -0.385. The van der Waals surface area contributed by atoms with Crippen LogP contribution >= 0.6 is 15.9 Å². The summed E-state index contributed by atoms with van der Waals surface area (Å²) in [6.45, 7) is 0.391. The maximum Gasteiger partial charge on any atom is 0.270 e. The van der Waals surface area contributed by atoms with E-state index in [1.165, 1.54) is 12.1 Å². The quantitative estimate of drug-likeness (QED) is 0.630. The molecule has 0 atom stereocenters. The maximum absolute atomic E-state index is 11.8. The molecule has 116 valence electrons. The third-order valence-corrected chi connectivity index (χ3v) is 4.91. The van der Waals surface area contributed by atoms with Gasteiger partial charge in [0, 0.05) is 29.4 Å². The summed E-state index contributed by atoms with van der Waals surface area (Å²) in [4.78, 5) is 10.1. The highest BCUT2D eigenvalue weighted by molar-refractivity contribution is 9.10. The molecule has 2 aromatic carbocycles. The van der Waals surface area contributed by atoms with Crippen LogP contribution in [0.1, 0.15) is 5.56 Å². The highest BCUT2D eigenvalue weighted by Crippen LogP contribution is 2.27. The Balaban J connectivity index is 2.35. The third-order valence-electron chi connectivity index (χ3n) is 3.00. The molecule has 22 heavy (non-hydrogen) atoms. The fourth-order valence-electron chi connectivity index (χ4n) is 1.91. The Bertz CT molecular complexity index is 821. The van der Waals surface area contributed by atoms with Crippen molar-refractivity contribution in [3.63, 3.8) is 0 Å². The van der Waals surface area contributed by atoms with Crippen LogP contribution in [0.2, 0.25) is 0 Å². The number of nitrogens with zero attached hydrogens (tertiary/aromatic N) is 1. The number of rotatable bonds is 5. The Kier molecular flexibility index (Phi) is 4.82. The molecule has 0 aliphatic carbocycles. The molecule has 0 spiro atoms. The standard InChI is InChI=1S/C14H13BrN2O4S/c1-22(20,21)14-8-11(17(18)19)6-7-13(14)16-9-10-4-2-3-5-12(10)15/h2-8,16H,9H2,1H3. The monoisotopic (exact) mass is 384 g/mol. The highest BCUT2D eigenvalue weighted by Gasteiger charge is 2.18. The molecule has 0 amide bonds. The van der Waals surface area contributed by atoms with Gasteiger partial charge in [0.15, 0.2) is 9.84 Å². The topological polar surface area (TPSA) is 89.3 Å². The summed E-state index contributed by atoms with van der Waals surface area (Å²) < 4.78 is 24.6. The van der Waals surface area contributed by atoms with Gasteiger partial charge in [0.1, 0.15) is 0 Å². The smallest absolute Gasteiger partial charge is 0.270 e. The van der Waals surface area contributed by atoms with Crippen molar-refractivity contribution < 1.29 is 13.3 Å². The minimum absolute atomic E-state index is 0.0891. The Labute approximate surface area is 136 Å². The van der Waals surface area contributed by atoms with Gasteiger partial charge in [0.05, 0.1) is 15.5 Å². The molecule has 0 bridgehead atoms. The fourth-order valence-corrected chi connectivity index (χ4v) is 3.21. The Hall–Kier alpha value is -1.93. The zero-order valence-electron chi connectivity index (χ0n) is 11.6. The first-order valence-corrected chi connectivity index (χ1v) is 8.93. The molecule has 0 saturated carbocycles. The summed E-state index contributed by atoms with van der Waals surface area (Å²) in [6, 6.07) is 11.3. The molecule has 0 saturated heterocycles. The molecule has 0 heterocycles. The van der Waals surface area contributed by atoms with Crippen LogP contribution < -0.4 is 5.32 Å². The van der Waals surface area contributed by atoms with Gasteiger partial charge in [0.25, 0.3) is 5.69 Å². The fraction of sp³-hybridized carbons (Fsp3) is 0.143. The molecule has 0 aromatic heterocycles. The summed E-state index contributed by atoms with van der Waals surface area (Å²) in [5.41, 5.74) is 1.02. The minimum Gasteiger partial charge on any atom is -0.380 e. The van der Waals surface area contributed by atoms with Crippen LogP contribution in [0.25, 0.3) is 0 Å². The van der Waals surface area contributed by atoms with Crippen LogP contribution in [0.4, 0.5) is 11.4 Å². The van der Waals surface area contributed by atoms with E-state index in [-0.39, 0.29) is 10.6 Å². The van der Waals surface area contributed by atoms with E-state index in [2.05, 4.69) is 21.2 Å². The van der Waals surface area contributed by atoms with Gasteiger partial charge in [-0.15, -0.1) is 0 Å². The summed E-state index contributed by atoms with van der Waals surface area (Å²) in [7, 11) is -3.58. The van der Waals surface area contributed by atoms with Crippen molar-refractivity contribution >= 4 is 37.1 Å². The van der Waals surface area contributed by atoms with Crippen molar-refractivity contribution in [2.24, 2.45) is 0 Å². The molecular weight excluding hydrogens is 372 g/mol. The minimum atomic E-state index is -3.58. The van der Waals surface area contributed by atoms with Crippen molar-refractivity contribution in [1.82, 2.24) is 0 Å². The lowest BCUT2D eigenvalue weighted by Crippen LogP contribution is -2.07. The van der Waals surface area contributed by atoms with E-state index < -0.39 is 14.8 Å². The largest absolute Gasteiger partial charge is 0.380 e. The molecule has 6 nitrogen and oxygen atoms in total. The predicted molar refractivity (Wildman–Crippen MR) is 87.7 cm³/mol. The normalized spacial score (nSPS) is 11.2. The van der Waals surface area contributed by atoms with Gasteiger partial charge in [0.2, 0.25) is 0 Å². The van der Waals surface area contributed by atoms with Crippen LogP contribution in [-0.4, -0.2) is 19.6 Å². The Morgan fingerprint density at radius 3 is 2.50 bits per heavy atom. The van der Waals surface area contributed by atoms with E-state index in [4.69, 9.17) is 0 Å². The SMILES string of the molecule is CS(=O)(=O)c1cc([N+](=O)[O-])ccc1NCc1ccccc1Br. The number of halogens is 1. The predicted octanol–water partition coefficient (Wildman–Crippen LogP) is 3.37. The number of hydrogen-bond donors (Lipinski definition) is 1. The third kappa shape index (κ3) is 3.83. The molecule has 0 radical (unpaired) electrons. The summed E-state index contributed by atoms with van der Waals surface area (Å²) in [5.74, 6) is 0. The van der Waals surface area contributed by atoms with Gasteiger partial charge in [-0.1, -0.05) is 34.1 Å². The number of sulfone groups is 1. The van der Waals surface area contributed by atoms with Gasteiger partial charge in [-0.2, -0.15) is 0 Å². The lowest BCUT2D eigenvalue weighted by Gasteiger charge is -2.11. The van der Waals surface area contributed by atoms with Crippen LogP contribution in [0.3, 0.4) is 0 Å². The molecule has 1 N–H and O–H groups in total. The van der Waals surface area contributed by atoms with Gasteiger partial charge in [-0.3, -0.25) is 10.1 Å². The van der Waals surface area contributed by atoms with E-state index in [1.54, 1.807) is 0 Å². The number of non-ortho nitro benzene ring substituents is 1. The zero-order valence-corrected chi connectivity index (χ0v) is 14.0. The molecule has 2 rings (SSSR count). The van der Waals surface area contributed by atoms with E-state index in [0.717, 1.165) is 22.4 Å². The first-order chi connectivity index (χ1) is 10.3. The van der Waals surface area contributed by atoms with Crippen molar-refractivity contribution in [3.8, 4) is 0 Å². The van der Waals surface area contributed by atoms with Crippen LogP contribution in [0, 0.1) is 10.1 Å². The van der Waals surface area contributed by atoms with E-state index in [1.807, 2.05) is 24.3 Å². The van der Waals surface area contributed by atoms with Crippen LogP contribution in [0.5, 0.6) is 0 Å². The maximum atomic E-state index is 11.8. The number of anilines is 1. The van der Waals surface area contributed by atoms with Gasteiger partial charge in [-0.25, -0.2) is 8.42 Å². The van der Waals surface area contributed by atoms with E-state index in [9.17, 15) is 18.5 Å². The number of nitro benzene ring substituents is 1. The second-order valence-corrected chi connectivity index (χ2v) is 7.49. The number of nitrogens with one attached hydrogen (secondary N) is 1. The van der Waals surface area contributed by atoms with Gasteiger partial charge < -0.3 is 5.32 Å². The second kappa shape index (κ2) is 6.45. The average molecular weight is 385 g/mol. The summed E-state index contributed by atoms with van der Waals surface area (Å²) in [6.07, 6.45) is 1.02. The van der Waals surface area contributed by atoms with Gasteiger partial charge >= 0.3 is 0 Å². The second-order valence-electron chi connectivity index (χ2n) is 4.65.